The van der Waals surface area contributed by atoms with Crippen molar-refractivity contribution in [2.45, 2.75) is 13.5 Å². The summed E-state index contributed by atoms with van der Waals surface area (Å²) in [6.07, 6.45) is 1.90. The van der Waals surface area contributed by atoms with Gasteiger partial charge in [0.1, 0.15) is 11.5 Å². The molecule has 5 aromatic rings. The fourth-order valence-corrected chi connectivity index (χ4v) is 4.06. The van der Waals surface area contributed by atoms with E-state index in [9.17, 15) is 4.79 Å². The van der Waals surface area contributed by atoms with Crippen LogP contribution in [0.15, 0.2) is 77.7 Å². The lowest BCUT2D eigenvalue weighted by atomic mass is 10.1. The Morgan fingerprint density at radius 2 is 1.62 bits per heavy atom. The van der Waals surface area contributed by atoms with E-state index < -0.39 is 0 Å². The summed E-state index contributed by atoms with van der Waals surface area (Å²) in [5, 5.41) is 9.04. The van der Waals surface area contributed by atoms with Gasteiger partial charge in [-0.05, 0) is 24.6 Å². The Labute approximate surface area is 196 Å². The Morgan fingerprint density at radius 3 is 2.38 bits per heavy atom. The maximum absolute atomic E-state index is 13.6. The van der Waals surface area contributed by atoms with Crippen LogP contribution in [0.2, 0.25) is 0 Å². The second kappa shape index (κ2) is 8.82. The van der Waals surface area contributed by atoms with E-state index >= 15 is 0 Å². The minimum Gasteiger partial charge on any atom is -0.493 e. The van der Waals surface area contributed by atoms with E-state index in [1.165, 1.54) is 0 Å². The maximum Gasteiger partial charge on any atom is 0.266 e. The molecular formula is C26H23N5O3. The van der Waals surface area contributed by atoms with E-state index in [0.29, 0.717) is 34.8 Å². The molecule has 0 atom stereocenters. The number of aromatic nitrogens is 5. The van der Waals surface area contributed by atoms with E-state index in [1.54, 1.807) is 35.6 Å². The van der Waals surface area contributed by atoms with Gasteiger partial charge in [-0.15, -0.1) is 5.10 Å². The molecular weight excluding hydrogens is 430 g/mol. The van der Waals surface area contributed by atoms with Gasteiger partial charge in [0.2, 0.25) is 0 Å². The van der Waals surface area contributed by atoms with Crippen molar-refractivity contribution in [3.63, 3.8) is 0 Å². The molecule has 0 fully saturated rings. The number of methoxy groups -OCH3 is 2. The zero-order valence-corrected chi connectivity index (χ0v) is 19.1. The number of fused-ring (bicyclic) bond motifs is 1. The van der Waals surface area contributed by atoms with Crippen molar-refractivity contribution >= 4 is 10.9 Å². The second-order valence-electron chi connectivity index (χ2n) is 7.82. The molecule has 0 N–H and O–H groups in total. The molecule has 8 heteroatoms. The Kier molecular flexibility index (Phi) is 5.55. The number of benzene rings is 3. The van der Waals surface area contributed by atoms with Crippen LogP contribution in [0.25, 0.3) is 27.8 Å². The molecule has 5 rings (SSSR count). The van der Waals surface area contributed by atoms with E-state index in [1.807, 2.05) is 67.7 Å². The van der Waals surface area contributed by atoms with Crippen molar-refractivity contribution < 1.29 is 9.47 Å². The molecule has 34 heavy (non-hydrogen) atoms. The Balaban J connectivity index is 1.59. The number of nitrogens with zero attached hydrogens (tertiary/aromatic N) is 5. The number of rotatable bonds is 6. The molecule has 0 radical (unpaired) electrons. The number of ether oxygens (including phenoxy) is 2. The SMILES string of the molecule is COc1cc2nc(C)n(-c3ccccc3Cn3cc(-c4ccccc4)nn3)c(=O)c2cc1OC. The fourth-order valence-electron chi connectivity index (χ4n) is 4.06. The third-order valence-electron chi connectivity index (χ3n) is 5.71. The van der Waals surface area contributed by atoms with Crippen LogP contribution in [-0.2, 0) is 6.54 Å². The van der Waals surface area contributed by atoms with Gasteiger partial charge in [0.15, 0.2) is 11.5 Å². The molecule has 0 aliphatic carbocycles. The molecule has 0 unspecified atom stereocenters. The average Bonchev–Trinajstić information content (AvgIpc) is 3.33. The summed E-state index contributed by atoms with van der Waals surface area (Å²) >= 11 is 0. The van der Waals surface area contributed by atoms with Crippen LogP contribution < -0.4 is 15.0 Å². The first kappa shape index (κ1) is 21.4. The smallest absolute Gasteiger partial charge is 0.266 e. The van der Waals surface area contributed by atoms with Crippen LogP contribution >= 0.6 is 0 Å². The van der Waals surface area contributed by atoms with E-state index in [2.05, 4.69) is 15.3 Å². The minimum absolute atomic E-state index is 0.181. The van der Waals surface area contributed by atoms with Crippen molar-refractivity contribution in [2.24, 2.45) is 0 Å². The highest BCUT2D eigenvalue weighted by atomic mass is 16.5. The third kappa shape index (κ3) is 3.79. The zero-order chi connectivity index (χ0) is 23.7. The first-order valence-electron chi connectivity index (χ1n) is 10.8. The van der Waals surface area contributed by atoms with Gasteiger partial charge in [0.25, 0.3) is 5.56 Å². The summed E-state index contributed by atoms with van der Waals surface area (Å²) < 4.78 is 14.2. The number of hydrogen-bond acceptors (Lipinski definition) is 6. The first-order chi connectivity index (χ1) is 16.6. The molecule has 0 spiro atoms. The summed E-state index contributed by atoms with van der Waals surface area (Å²) in [6, 6.07) is 21.0. The molecule has 2 aromatic heterocycles. The fraction of sp³-hybridized carbons (Fsp3) is 0.154. The number of para-hydroxylation sites is 1. The predicted molar refractivity (Wildman–Crippen MR) is 130 cm³/mol. The molecule has 8 nitrogen and oxygen atoms in total. The molecule has 0 saturated carbocycles. The lowest BCUT2D eigenvalue weighted by molar-refractivity contribution is 0.355. The van der Waals surface area contributed by atoms with Gasteiger partial charge in [-0.2, -0.15) is 0 Å². The van der Waals surface area contributed by atoms with E-state index in [4.69, 9.17) is 9.47 Å². The lowest BCUT2D eigenvalue weighted by Crippen LogP contribution is -2.24. The van der Waals surface area contributed by atoms with Gasteiger partial charge >= 0.3 is 0 Å². The van der Waals surface area contributed by atoms with Crippen molar-refractivity contribution in [3.05, 3.63) is 94.7 Å². The molecule has 0 amide bonds. The topological polar surface area (TPSA) is 84.1 Å². The predicted octanol–water partition coefficient (Wildman–Crippen LogP) is 4.02. The molecule has 170 valence electrons. The van der Waals surface area contributed by atoms with Crippen LogP contribution in [0.4, 0.5) is 0 Å². The Bertz CT molecular complexity index is 1540. The van der Waals surface area contributed by atoms with Gasteiger partial charge in [0.05, 0.1) is 43.6 Å². The van der Waals surface area contributed by atoms with Crippen molar-refractivity contribution in [1.82, 2.24) is 24.5 Å². The summed E-state index contributed by atoms with van der Waals surface area (Å²) in [5.41, 5.74) is 3.82. The monoisotopic (exact) mass is 453 g/mol. The maximum atomic E-state index is 13.6. The summed E-state index contributed by atoms with van der Waals surface area (Å²) in [6.45, 7) is 2.27. The zero-order valence-electron chi connectivity index (χ0n) is 19.1. The standard InChI is InChI=1S/C26H23N5O3/c1-17-27-21-14-25(34-3)24(33-2)13-20(21)26(32)31(17)23-12-8-7-11-19(23)15-30-16-22(28-29-30)18-9-5-4-6-10-18/h4-14,16H,15H2,1-3H3. The highest BCUT2D eigenvalue weighted by Crippen LogP contribution is 2.30. The summed E-state index contributed by atoms with van der Waals surface area (Å²) in [7, 11) is 3.10. The average molecular weight is 454 g/mol. The van der Waals surface area contributed by atoms with Gasteiger partial charge in [-0.1, -0.05) is 53.7 Å². The third-order valence-corrected chi connectivity index (χ3v) is 5.71. The molecule has 3 aromatic carbocycles. The molecule has 0 aliphatic rings. The van der Waals surface area contributed by atoms with Crippen LogP contribution in [0.3, 0.4) is 0 Å². The van der Waals surface area contributed by atoms with Crippen LogP contribution in [0, 0.1) is 6.92 Å². The van der Waals surface area contributed by atoms with Gasteiger partial charge in [-0.25, -0.2) is 9.67 Å². The van der Waals surface area contributed by atoms with Crippen LogP contribution in [-0.4, -0.2) is 38.8 Å². The quantitative estimate of drug-likeness (QED) is 0.386. The largest absolute Gasteiger partial charge is 0.493 e. The van der Waals surface area contributed by atoms with Crippen molar-refractivity contribution in [2.75, 3.05) is 14.2 Å². The van der Waals surface area contributed by atoms with Crippen LogP contribution in [0.1, 0.15) is 11.4 Å². The molecule has 0 bridgehead atoms. The van der Waals surface area contributed by atoms with Gasteiger partial charge < -0.3 is 9.47 Å². The van der Waals surface area contributed by atoms with E-state index in [-0.39, 0.29) is 5.56 Å². The highest BCUT2D eigenvalue weighted by molar-refractivity contribution is 5.82. The van der Waals surface area contributed by atoms with Gasteiger partial charge in [0, 0.05) is 11.6 Å². The highest BCUT2D eigenvalue weighted by Gasteiger charge is 2.16. The normalized spacial score (nSPS) is 11.0. The lowest BCUT2D eigenvalue weighted by Gasteiger charge is -2.16. The van der Waals surface area contributed by atoms with Crippen molar-refractivity contribution in [1.29, 1.82) is 0 Å². The summed E-state index contributed by atoms with van der Waals surface area (Å²) in [5.74, 6) is 1.58. The minimum atomic E-state index is -0.181. The Hall–Kier alpha value is -4.46. The van der Waals surface area contributed by atoms with E-state index in [0.717, 1.165) is 22.5 Å². The second-order valence-corrected chi connectivity index (χ2v) is 7.82. The first-order valence-corrected chi connectivity index (χ1v) is 10.8. The van der Waals surface area contributed by atoms with Crippen molar-refractivity contribution in [3.8, 4) is 28.4 Å². The van der Waals surface area contributed by atoms with Crippen LogP contribution in [0.5, 0.6) is 11.5 Å². The number of aryl methyl sites for hydroxylation is 1. The summed E-state index contributed by atoms with van der Waals surface area (Å²) in [4.78, 5) is 18.3. The molecule has 2 heterocycles. The molecule has 0 aliphatic heterocycles. The molecule has 0 saturated heterocycles. The Morgan fingerprint density at radius 1 is 0.912 bits per heavy atom. The number of hydrogen-bond donors (Lipinski definition) is 0. The van der Waals surface area contributed by atoms with Gasteiger partial charge in [-0.3, -0.25) is 9.36 Å².